The van der Waals surface area contributed by atoms with E-state index in [9.17, 15) is 18.0 Å². The fourth-order valence-electron chi connectivity index (χ4n) is 2.73. The normalized spacial score (nSPS) is 17.5. The molecule has 24 heavy (non-hydrogen) atoms. The summed E-state index contributed by atoms with van der Waals surface area (Å²) < 4.78 is 27.1. The largest absolute Gasteiger partial charge is 0.369 e. The Morgan fingerprint density at radius 3 is 2.25 bits per heavy atom. The summed E-state index contributed by atoms with van der Waals surface area (Å²) in [5.41, 5.74) is 6.23. The minimum Gasteiger partial charge on any atom is -0.369 e. The topological polar surface area (TPSA) is 110 Å². The van der Waals surface area contributed by atoms with Crippen molar-refractivity contribution in [3.8, 4) is 0 Å². The molecule has 1 aliphatic rings. The van der Waals surface area contributed by atoms with Crippen LogP contribution in [0.5, 0.6) is 0 Å². The summed E-state index contributed by atoms with van der Waals surface area (Å²) in [7, 11) is -3.76. The van der Waals surface area contributed by atoms with E-state index in [-0.39, 0.29) is 22.6 Å². The SMILES string of the molecule is Cc1ccc(S(=O)(=O)N[C@@H](C)C(=O)N2CCC(C(N)=O)CC2)cc1. The first-order valence-electron chi connectivity index (χ1n) is 7.88. The van der Waals surface area contributed by atoms with E-state index in [2.05, 4.69) is 4.72 Å². The van der Waals surface area contributed by atoms with E-state index >= 15 is 0 Å². The van der Waals surface area contributed by atoms with Crippen LogP contribution in [-0.4, -0.2) is 44.3 Å². The molecular formula is C16H23N3O4S. The monoisotopic (exact) mass is 353 g/mol. The number of primary amides is 1. The van der Waals surface area contributed by atoms with Gasteiger partial charge in [-0.15, -0.1) is 0 Å². The van der Waals surface area contributed by atoms with Crippen molar-refractivity contribution in [1.29, 1.82) is 0 Å². The standard InChI is InChI=1S/C16H23N3O4S/c1-11-3-5-14(6-4-11)24(22,23)18-12(2)16(21)19-9-7-13(8-10-19)15(17)20/h3-6,12-13,18H,7-10H2,1-2H3,(H2,17,20)/t12-/m0/s1. The maximum Gasteiger partial charge on any atom is 0.241 e. The molecule has 7 nitrogen and oxygen atoms in total. The van der Waals surface area contributed by atoms with Crippen molar-refractivity contribution in [3.63, 3.8) is 0 Å². The molecule has 1 atom stereocenters. The van der Waals surface area contributed by atoms with E-state index in [4.69, 9.17) is 5.73 Å². The lowest BCUT2D eigenvalue weighted by atomic mass is 9.96. The Morgan fingerprint density at radius 2 is 1.75 bits per heavy atom. The second kappa shape index (κ2) is 7.31. The first-order chi connectivity index (χ1) is 11.2. The van der Waals surface area contributed by atoms with Gasteiger partial charge in [-0.05, 0) is 38.8 Å². The summed E-state index contributed by atoms with van der Waals surface area (Å²) in [5.74, 6) is -0.863. The molecule has 1 saturated heterocycles. The van der Waals surface area contributed by atoms with Crippen LogP contribution in [0.25, 0.3) is 0 Å². The van der Waals surface area contributed by atoms with Crippen molar-refractivity contribution in [1.82, 2.24) is 9.62 Å². The molecule has 0 saturated carbocycles. The summed E-state index contributed by atoms with van der Waals surface area (Å²) in [6, 6.07) is 5.55. The van der Waals surface area contributed by atoms with Gasteiger partial charge in [-0.2, -0.15) is 4.72 Å². The lowest BCUT2D eigenvalue weighted by molar-refractivity contribution is -0.136. The van der Waals surface area contributed by atoms with Crippen LogP contribution in [0.15, 0.2) is 29.2 Å². The van der Waals surface area contributed by atoms with Crippen molar-refractivity contribution in [2.75, 3.05) is 13.1 Å². The Hall–Kier alpha value is -1.93. The Kier molecular flexibility index (Phi) is 5.61. The van der Waals surface area contributed by atoms with Crippen LogP contribution in [0, 0.1) is 12.8 Å². The molecule has 0 aromatic heterocycles. The van der Waals surface area contributed by atoms with E-state index in [0.717, 1.165) is 5.56 Å². The minimum atomic E-state index is -3.76. The van der Waals surface area contributed by atoms with Crippen LogP contribution in [0.3, 0.4) is 0 Å². The first-order valence-corrected chi connectivity index (χ1v) is 9.36. The molecule has 1 aromatic rings. The van der Waals surface area contributed by atoms with Crippen molar-refractivity contribution >= 4 is 21.8 Å². The summed E-state index contributed by atoms with van der Waals surface area (Å²) >= 11 is 0. The van der Waals surface area contributed by atoms with Gasteiger partial charge in [0.1, 0.15) is 0 Å². The number of carbonyl (C=O) groups excluding carboxylic acids is 2. The van der Waals surface area contributed by atoms with Crippen LogP contribution < -0.4 is 10.5 Å². The minimum absolute atomic E-state index is 0.125. The van der Waals surface area contributed by atoms with Gasteiger partial charge < -0.3 is 10.6 Å². The fraction of sp³-hybridized carbons (Fsp3) is 0.500. The smallest absolute Gasteiger partial charge is 0.241 e. The van der Waals surface area contributed by atoms with Crippen molar-refractivity contribution in [2.24, 2.45) is 11.7 Å². The highest BCUT2D eigenvalue weighted by Crippen LogP contribution is 2.18. The number of carbonyl (C=O) groups is 2. The molecule has 0 radical (unpaired) electrons. The molecular weight excluding hydrogens is 330 g/mol. The quantitative estimate of drug-likeness (QED) is 0.797. The predicted octanol–water partition coefficient (Wildman–Crippen LogP) is 0.386. The fourth-order valence-corrected chi connectivity index (χ4v) is 3.92. The molecule has 0 spiro atoms. The Bertz CT molecular complexity index is 707. The summed E-state index contributed by atoms with van der Waals surface area (Å²) in [6.07, 6.45) is 1.02. The molecule has 1 heterocycles. The number of benzene rings is 1. The van der Waals surface area contributed by atoms with Gasteiger partial charge in [-0.25, -0.2) is 8.42 Å². The van der Waals surface area contributed by atoms with E-state index in [1.54, 1.807) is 17.0 Å². The van der Waals surface area contributed by atoms with Gasteiger partial charge in [0.2, 0.25) is 21.8 Å². The average Bonchev–Trinajstić information content (AvgIpc) is 2.54. The molecule has 0 aliphatic carbocycles. The second-order valence-electron chi connectivity index (χ2n) is 6.16. The van der Waals surface area contributed by atoms with Gasteiger partial charge in [0.15, 0.2) is 0 Å². The number of nitrogens with zero attached hydrogens (tertiary/aromatic N) is 1. The van der Waals surface area contributed by atoms with Crippen LogP contribution in [0.2, 0.25) is 0 Å². The van der Waals surface area contributed by atoms with Gasteiger partial charge in [-0.3, -0.25) is 9.59 Å². The van der Waals surface area contributed by atoms with Gasteiger partial charge >= 0.3 is 0 Å². The molecule has 1 aliphatic heterocycles. The van der Waals surface area contributed by atoms with Crippen molar-refractivity contribution in [2.45, 2.75) is 37.6 Å². The van der Waals surface area contributed by atoms with Crippen LogP contribution in [0.1, 0.15) is 25.3 Å². The van der Waals surface area contributed by atoms with Crippen LogP contribution >= 0.6 is 0 Å². The van der Waals surface area contributed by atoms with Gasteiger partial charge in [0.05, 0.1) is 10.9 Å². The number of sulfonamides is 1. The maximum absolute atomic E-state index is 12.4. The number of hydrogen-bond donors (Lipinski definition) is 2. The summed E-state index contributed by atoms with van der Waals surface area (Å²) in [4.78, 5) is 25.3. The summed E-state index contributed by atoms with van der Waals surface area (Å²) in [6.45, 7) is 4.20. The number of likely N-dealkylation sites (tertiary alicyclic amines) is 1. The molecule has 0 bridgehead atoms. The highest BCUT2D eigenvalue weighted by atomic mass is 32.2. The number of piperidine rings is 1. The maximum atomic E-state index is 12.4. The number of rotatable bonds is 5. The number of aryl methyl sites for hydroxylation is 1. The van der Waals surface area contributed by atoms with Crippen molar-refractivity contribution < 1.29 is 18.0 Å². The van der Waals surface area contributed by atoms with Gasteiger partial charge in [0, 0.05) is 19.0 Å². The predicted molar refractivity (Wildman–Crippen MR) is 89.5 cm³/mol. The highest BCUT2D eigenvalue weighted by molar-refractivity contribution is 7.89. The van der Waals surface area contributed by atoms with Crippen molar-refractivity contribution in [3.05, 3.63) is 29.8 Å². The van der Waals surface area contributed by atoms with Crippen LogP contribution in [0.4, 0.5) is 0 Å². The lowest BCUT2D eigenvalue weighted by Crippen LogP contribution is -2.50. The third-order valence-corrected chi connectivity index (χ3v) is 5.80. The third kappa shape index (κ3) is 4.33. The Balaban J connectivity index is 1.99. The molecule has 2 amide bonds. The molecule has 1 aromatic carbocycles. The number of hydrogen-bond acceptors (Lipinski definition) is 4. The summed E-state index contributed by atoms with van der Waals surface area (Å²) in [5, 5.41) is 0. The molecule has 0 unspecified atom stereocenters. The van der Waals surface area contributed by atoms with Crippen LogP contribution in [-0.2, 0) is 19.6 Å². The third-order valence-electron chi connectivity index (χ3n) is 4.24. The number of nitrogens with two attached hydrogens (primary N) is 1. The Morgan fingerprint density at radius 1 is 1.21 bits per heavy atom. The van der Waals surface area contributed by atoms with E-state index < -0.39 is 16.1 Å². The number of nitrogens with one attached hydrogen (secondary N) is 1. The molecule has 132 valence electrons. The zero-order valence-electron chi connectivity index (χ0n) is 13.9. The molecule has 1 fully saturated rings. The van der Waals surface area contributed by atoms with Gasteiger partial charge in [-0.1, -0.05) is 17.7 Å². The number of amides is 2. The zero-order valence-corrected chi connectivity index (χ0v) is 14.7. The second-order valence-corrected chi connectivity index (χ2v) is 7.87. The lowest BCUT2D eigenvalue weighted by Gasteiger charge is -2.32. The van der Waals surface area contributed by atoms with E-state index in [1.807, 2.05) is 6.92 Å². The Labute approximate surface area is 142 Å². The molecule has 8 heteroatoms. The molecule has 3 N–H and O–H groups in total. The molecule has 2 rings (SSSR count). The average molecular weight is 353 g/mol. The van der Waals surface area contributed by atoms with Gasteiger partial charge in [0.25, 0.3) is 0 Å². The van der Waals surface area contributed by atoms with E-state index in [0.29, 0.717) is 25.9 Å². The highest BCUT2D eigenvalue weighted by Gasteiger charge is 2.30. The zero-order chi connectivity index (χ0) is 17.9. The first kappa shape index (κ1) is 18.4. The van der Waals surface area contributed by atoms with E-state index in [1.165, 1.54) is 19.1 Å².